The maximum Gasteiger partial charge on any atom is 0.251 e. The molecule has 0 saturated heterocycles. The molecule has 2 atom stereocenters. The standard InChI is InChI=1S/C34H41F2N5O2S/c1-4-11-41(12-5-2)32-19-26(18-30(39-32)34-38-10-13-44-34)33(43)40-29(17-25-15-27(35)20-28(36)16-25)31(42)22-37-21-24-9-7-8-23(6-3)14-24/h7-10,13-16,18-20,29,31,37,42H,4-6,11-12,17,21-22H2,1-3H3,(H,40,43)/t29-,31+/m0/s1. The fourth-order valence-electron chi connectivity index (χ4n) is 5.13. The molecular weight excluding hydrogens is 580 g/mol. The number of hydrogen-bond donors (Lipinski definition) is 3. The minimum atomic E-state index is -1.05. The number of thiazole rings is 1. The summed E-state index contributed by atoms with van der Waals surface area (Å²) in [5.74, 6) is -1.18. The van der Waals surface area contributed by atoms with Gasteiger partial charge in [0.05, 0.1) is 12.1 Å². The highest BCUT2D eigenvalue weighted by atomic mass is 32.1. The van der Waals surface area contributed by atoms with E-state index in [0.717, 1.165) is 44.0 Å². The number of aliphatic hydroxyl groups excluding tert-OH is 1. The van der Waals surface area contributed by atoms with Crippen LogP contribution < -0.4 is 15.5 Å². The fraction of sp³-hybridized carbons (Fsp3) is 0.382. The van der Waals surface area contributed by atoms with Crippen molar-refractivity contribution in [3.8, 4) is 10.7 Å². The molecule has 0 unspecified atom stereocenters. The molecule has 0 aliphatic heterocycles. The third-order valence-corrected chi connectivity index (χ3v) is 8.07. The minimum absolute atomic E-state index is 0.0314. The monoisotopic (exact) mass is 621 g/mol. The lowest BCUT2D eigenvalue weighted by atomic mass is 10.00. The van der Waals surface area contributed by atoms with Gasteiger partial charge >= 0.3 is 0 Å². The molecule has 2 heterocycles. The van der Waals surface area contributed by atoms with Crippen molar-refractivity contribution in [1.82, 2.24) is 20.6 Å². The molecule has 0 bridgehead atoms. The number of halogens is 2. The van der Waals surface area contributed by atoms with Crippen molar-refractivity contribution in [2.45, 2.75) is 65.1 Å². The van der Waals surface area contributed by atoms with Crippen molar-refractivity contribution in [2.24, 2.45) is 0 Å². The van der Waals surface area contributed by atoms with Gasteiger partial charge in [-0.05, 0) is 66.6 Å². The number of rotatable bonds is 16. The van der Waals surface area contributed by atoms with Gasteiger partial charge in [-0.1, -0.05) is 45.0 Å². The highest BCUT2D eigenvalue weighted by molar-refractivity contribution is 7.13. The molecule has 0 fully saturated rings. The van der Waals surface area contributed by atoms with E-state index < -0.39 is 29.7 Å². The van der Waals surface area contributed by atoms with Crippen LogP contribution in [0.1, 0.15) is 60.7 Å². The average Bonchev–Trinajstić information content (AvgIpc) is 3.55. The number of nitrogens with one attached hydrogen (secondary N) is 2. The Labute approximate surface area is 262 Å². The predicted molar refractivity (Wildman–Crippen MR) is 173 cm³/mol. The Morgan fingerprint density at radius 2 is 1.70 bits per heavy atom. The Hall–Kier alpha value is -3.73. The van der Waals surface area contributed by atoms with Crippen LogP contribution in [0.15, 0.2) is 66.2 Å². The van der Waals surface area contributed by atoms with Crippen LogP contribution in [0.3, 0.4) is 0 Å². The third kappa shape index (κ3) is 9.38. The lowest BCUT2D eigenvalue weighted by Crippen LogP contribution is -2.48. The van der Waals surface area contributed by atoms with Gasteiger partial charge in [-0.3, -0.25) is 4.79 Å². The van der Waals surface area contributed by atoms with E-state index in [4.69, 9.17) is 4.98 Å². The molecule has 3 N–H and O–H groups in total. The summed E-state index contributed by atoms with van der Waals surface area (Å²) in [4.78, 5) is 25.2. The fourth-order valence-corrected chi connectivity index (χ4v) is 5.73. The van der Waals surface area contributed by atoms with Gasteiger partial charge in [-0.25, -0.2) is 18.7 Å². The summed E-state index contributed by atoms with van der Waals surface area (Å²) in [5.41, 5.74) is 3.57. The van der Waals surface area contributed by atoms with E-state index in [1.807, 2.05) is 17.5 Å². The zero-order valence-corrected chi connectivity index (χ0v) is 26.3. The first-order valence-electron chi connectivity index (χ1n) is 15.2. The topological polar surface area (TPSA) is 90.4 Å². The Morgan fingerprint density at radius 1 is 0.977 bits per heavy atom. The van der Waals surface area contributed by atoms with Crippen LogP contribution in [-0.4, -0.2) is 52.8 Å². The molecule has 1 amide bonds. The summed E-state index contributed by atoms with van der Waals surface area (Å²) in [6.07, 6.45) is 3.43. The lowest BCUT2D eigenvalue weighted by molar-refractivity contribution is 0.0830. The van der Waals surface area contributed by atoms with E-state index in [-0.39, 0.29) is 13.0 Å². The van der Waals surface area contributed by atoms with Crippen molar-refractivity contribution in [1.29, 1.82) is 0 Å². The predicted octanol–water partition coefficient (Wildman–Crippen LogP) is 6.16. The van der Waals surface area contributed by atoms with E-state index in [2.05, 4.69) is 53.4 Å². The van der Waals surface area contributed by atoms with E-state index in [0.29, 0.717) is 34.2 Å². The number of hydrogen-bond acceptors (Lipinski definition) is 7. The minimum Gasteiger partial charge on any atom is -0.390 e. The normalized spacial score (nSPS) is 12.6. The molecule has 0 spiro atoms. The molecule has 2 aromatic carbocycles. The second-order valence-electron chi connectivity index (χ2n) is 10.9. The second-order valence-corrected chi connectivity index (χ2v) is 11.8. The van der Waals surface area contributed by atoms with Crippen LogP contribution in [0.2, 0.25) is 0 Å². The number of amides is 1. The molecule has 0 saturated carbocycles. The van der Waals surface area contributed by atoms with Gasteiger partial charge < -0.3 is 20.6 Å². The van der Waals surface area contributed by atoms with Gasteiger partial charge in [-0.15, -0.1) is 11.3 Å². The van der Waals surface area contributed by atoms with Crippen molar-refractivity contribution in [3.05, 3.63) is 100 Å². The average molecular weight is 622 g/mol. The van der Waals surface area contributed by atoms with Gasteiger partial charge in [-0.2, -0.15) is 0 Å². The summed E-state index contributed by atoms with van der Waals surface area (Å²) in [6.45, 7) is 8.52. The number of pyridine rings is 1. The lowest BCUT2D eigenvalue weighted by Gasteiger charge is -2.26. The van der Waals surface area contributed by atoms with Gasteiger partial charge in [0.2, 0.25) is 0 Å². The van der Waals surface area contributed by atoms with E-state index >= 15 is 0 Å². The number of aromatic nitrogens is 2. The smallest absolute Gasteiger partial charge is 0.251 e. The van der Waals surface area contributed by atoms with Crippen molar-refractivity contribution >= 4 is 23.1 Å². The maximum absolute atomic E-state index is 14.1. The van der Waals surface area contributed by atoms with Crippen LogP contribution in [-0.2, 0) is 19.4 Å². The molecule has 4 rings (SSSR count). The molecule has 2 aromatic heterocycles. The first-order valence-corrected chi connectivity index (χ1v) is 16.1. The van der Waals surface area contributed by atoms with Crippen molar-refractivity contribution in [3.63, 3.8) is 0 Å². The van der Waals surface area contributed by atoms with Crippen LogP contribution in [0.4, 0.5) is 14.6 Å². The summed E-state index contributed by atoms with van der Waals surface area (Å²) in [6, 6.07) is 14.0. The maximum atomic E-state index is 14.1. The Balaban J connectivity index is 1.59. The third-order valence-electron chi connectivity index (χ3n) is 7.28. The summed E-state index contributed by atoms with van der Waals surface area (Å²) >= 11 is 1.43. The first-order chi connectivity index (χ1) is 21.3. The Morgan fingerprint density at radius 3 is 2.36 bits per heavy atom. The SMILES string of the molecule is CCCN(CCC)c1cc(C(=O)N[C@@H](Cc2cc(F)cc(F)c2)[C@H](O)CNCc2cccc(CC)c2)cc(-c2nccs2)n1. The largest absolute Gasteiger partial charge is 0.390 e. The number of benzene rings is 2. The highest BCUT2D eigenvalue weighted by Crippen LogP contribution is 2.26. The van der Waals surface area contributed by atoms with Crippen molar-refractivity contribution < 1.29 is 18.7 Å². The zero-order chi connectivity index (χ0) is 31.5. The van der Waals surface area contributed by atoms with Crippen LogP contribution >= 0.6 is 11.3 Å². The zero-order valence-electron chi connectivity index (χ0n) is 25.5. The number of anilines is 1. The van der Waals surface area contributed by atoms with E-state index in [1.165, 1.54) is 29.0 Å². The Bertz CT molecular complexity index is 1470. The summed E-state index contributed by atoms with van der Waals surface area (Å²) in [7, 11) is 0. The molecule has 7 nitrogen and oxygen atoms in total. The van der Waals surface area contributed by atoms with Crippen LogP contribution in [0.5, 0.6) is 0 Å². The molecule has 234 valence electrons. The van der Waals surface area contributed by atoms with Gasteiger partial charge in [0.15, 0.2) is 0 Å². The molecule has 10 heteroatoms. The van der Waals surface area contributed by atoms with Gasteiger partial charge in [0.1, 0.15) is 28.2 Å². The summed E-state index contributed by atoms with van der Waals surface area (Å²) < 4.78 is 28.1. The molecule has 0 aliphatic rings. The second kappa shape index (κ2) is 16.4. The number of carbonyl (C=O) groups is 1. The van der Waals surface area contributed by atoms with Crippen LogP contribution in [0.25, 0.3) is 10.7 Å². The van der Waals surface area contributed by atoms with Gasteiger partial charge in [0, 0.05) is 49.4 Å². The molecular formula is C34H41F2N5O2S. The number of nitrogens with zero attached hydrogens (tertiary/aromatic N) is 3. The van der Waals surface area contributed by atoms with Crippen LogP contribution in [0, 0.1) is 11.6 Å². The van der Waals surface area contributed by atoms with E-state index in [1.54, 1.807) is 18.3 Å². The first kappa shape index (κ1) is 33.2. The van der Waals surface area contributed by atoms with E-state index in [9.17, 15) is 18.7 Å². The quantitative estimate of drug-likeness (QED) is 0.139. The molecule has 0 radical (unpaired) electrons. The molecule has 4 aromatic rings. The summed E-state index contributed by atoms with van der Waals surface area (Å²) in [5, 5.41) is 20.0. The number of aliphatic hydroxyl groups is 1. The van der Waals surface area contributed by atoms with Crippen molar-refractivity contribution in [2.75, 3.05) is 24.5 Å². The molecule has 44 heavy (non-hydrogen) atoms. The number of aryl methyl sites for hydroxylation is 1. The Kier molecular flexibility index (Phi) is 12.3. The number of carbonyl (C=O) groups excluding carboxylic acids is 1. The van der Waals surface area contributed by atoms with Gasteiger partial charge in [0.25, 0.3) is 5.91 Å². The molecule has 0 aliphatic carbocycles. The highest BCUT2D eigenvalue weighted by Gasteiger charge is 2.24.